The maximum absolute atomic E-state index is 12.9. The highest BCUT2D eigenvalue weighted by Crippen LogP contribution is 2.23. The number of carboxylic acid groups (broad SMARTS) is 1. The summed E-state index contributed by atoms with van der Waals surface area (Å²) in [6.45, 7) is 3.61. The molecule has 1 aliphatic rings. The number of aromatic amines is 1. The van der Waals surface area contributed by atoms with Crippen LogP contribution in [0.5, 0.6) is 0 Å². The molecule has 0 spiro atoms. The van der Waals surface area contributed by atoms with E-state index in [2.05, 4.69) is 4.98 Å². The van der Waals surface area contributed by atoms with E-state index < -0.39 is 6.09 Å². The van der Waals surface area contributed by atoms with E-state index in [9.17, 15) is 14.4 Å². The van der Waals surface area contributed by atoms with Crippen molar-refractivity contribution in [2.45, 2.75) is 19.8 Å². The van der Waals surface area contributed by atoms with Crippen molar-refractivity contribution < 1.29 is 14.7 Å². The summed E-state index contributed by atoms with van der Waals surface area (Å²) in [5.41, 5.74) is 3.05. The molecule has 0 saturated carbocycles. The first-order valence-corrected chi connectivity index (χ1v) is 10.8. The van der Waals surface area contributed by atoms with Crippen LogP contribution < -0.4 is 5.56 Å². The van der Waals surface area contributed by atoms with Crippen molar-refractivity contribution in [3.63, 3.8) is 0 Å². The summed E-state index contributed by atoms with van der Waals surface area (Å²) in [5.74, 6) is 0.227. The minimum absolute atomic E-state index is 0.0694. The predicted molar refractivity (Wildman–Crippen MR) is 124 cm³/mol. The number of aryl methyl sites for hydroxylation is 1. The molecule has 0 bridgehead atoms. The number of hydrogen-bond acceptors (Lipinski definition) is 3. The van der Waals surface area contributed by atoms with Crippen LogP contribution in [-0.4, -0.2) is 58.6 Å². The molecule has 1 saturated heterocycles. The third-order valence-electron chi connectivity index (χ3n) is 6.31. The van der Waals surface area contributed by atoms with E-state index >= 15 is 0 Å². The van der Waals surface area contributed by atoms with Crippen molar-refractivity contribution in [2.75, 3.05) is 26.7 Å². The molecule has 2 heterocycles. The molecule has 32 heavy (non-hydrogen) atoms. The lowest BCUT2D eigenvalue weighted by molar-refractivity contribution is 0.0732. The van der Waals surface area contributed by atoms with Crippen LogP contribution in [0.3, 0.4) is 0 Å². The second-order valence-corrected chi connectivity index (χ2v) is 8.52. The quantitative estimate of drug-likeness (QED) is 0.651. The van der Waals surface area contributed by atoms with Gasteiger partial charge in [0.1, 0.15) is 0 Å². The number of pyridine rings is 1. The first-order valence-electron chi connectivity index (χ1n) is 10.8. The van der Waals surface area contributed by atoms with Crippen molar-refractivity contribution in [3.8, 4) is 11.3 Å². The zero-order valence-corrected chi connectivity index (χ0v) is 18.3. The van der Waals surface area contributed by atoms with Crippen LogP contribution in [0.25, 0.3) is 22.0 Å². The molecule has 7 heteroatoms. The van der Waals surface area contributed by atoms with Crippen LogP contribution >= 0.6 is 0 Å². The summed E-state index contributed by atoms with van der Waals surface area (Å²) in [5, 5.41) is 10.7. The maximum atomic E-state index is 12.9. The molecule has 2 amide bonds. The van der Waals surface area contributed by atoms with Gasteiger partial charge in [-0.1, -0.05) is 24.3 Å². The second-order valence-electron chi connectivity index (χ2n) is 8.52. The van der Waals surface area contributed by atoms with Gasteiger partial charge in [-0.15, -0.1) is 0 Å². The van der Waals surface area contributed by atoms with Gasteiger partial charge in [-0.2, -0.15) is 0 Å². The molecule has 1 aromatic heterocycles. The zero-order chi connectivity index (χ0) is 22.8. The number of fused-ring (bicyclic) bond motifs is 1. The van der Waals surface area contributed by atoms with E-state index in [4.69, 9.17) is 5.11 Å². The average Bonchev–Trinajstić information content (AvgIpc) is 2.79. The van der Waals surface area contributed by atoms with Gasteiger partial charge in [0.25, 0.3) is 11.5 Å². The Hall–Kier alpha value is -3.61. The molecule has 1 aliphatic heterocycles. The van der Waals surface area contributed by atoms with Crippen molar-refractivity contribution in [1.82, 2.24) is 14.8 Å². The van der Waals surface area contributed by atoms with Gasteiger partial charge in [0.15, 0.2) is 0 Å². The topological polar surface area (TPSA) is 93.7 Å². The van der Waals surface area contributed by atoms with E-state index in [1.54, 1.807) is 24.1 Å². The summed E-state index contributed by atoms with van der Waals surface area (Å²) >= 11 is 0. The maximum Gasteiger partial charge on any atom is 0.407 e. The van der Waals surface area contributed by atoms with Gasteiger partial charge in [-0.3, -0.25) is 9.59 Å². The van der Waals surface area contributed by atoms with E-state index in [0.29, 0.717) is 42.2 Å². The third kappa shape index (κ3) is 4.37. The lowest BCUT2D eigenvalue weighted by Crippen LogP contribution is -2.41. The average molecular weight is 434 g/mol. The number of carbonyl (C=O) groups excluding carboxylic acids is 1. The molecule has 1 fully saturated rings. The van der Waals surface area contributed by atoms with E-state index in [1.807, 2.05) is 43.3 Å². The molecule has 166 valence electrons. The first kappa shape index (κ1) is 21.6. The predicted octanol–water partition coefficient (Wildman–Crippen LogP) is 3.97. The lowest BCUT2D eigenvalue weighted by Gasteiger charge is -2.32. The Labute approximate surface area is 186 Å². The third-order valence-corrected chi connectivity index (χ3v) is 6.31. The van der Waals surface area contributed by atoms with E-state index in [1.165, 1.54) is 4.90 Å². The highest BCUT2D eigenvalue weighted by Gasteiger charge is 2.24. The van der Waals surface area contributed by atoms with Crippen molar-refractivity contribution in [3.05, 3.63) is 70.0 Å². The van der Waals surface area contributed by atoms with Gasteiger partial charge in [0.2, 0.25) is 0 Å². The highest BCUT2D eigenvalue weighted by molar-refractivity contribution is 5.94. The molecule has 0 radical (unpaired) electrons. The van der Waals surface area contributed by atoms with Crippen LogP contribution in [-0.2, 0) is 0 Å². The Balaban J connectivity index is 1.46. The molecule has 2 aromatic carbocycles. The first-order chi connectivity index (χ1) is 15.3. The molecule has 4 rings (SSSR count). The molecule has 2 N–H and O–H groups in total. The van der Waals surface area contributed by atoms with Crippen molar-refractivity contribution in [1.29, 1.82) is 0 Å². The number of likely N-dealkylation sites (tertiary alicyclic amines) is 1. The number of carbonyl (C=O) groups is 2. The standard InChI is InChI=1S/C25H27N3O4/c1-16-4-3-5-20-21(16)14-22(26-23(20)29)18-6-8-19(9-7-18)24(30)27(2)15-17-10-12-28(13-11-17)25(31)32/h3-9,14,17H,10-13,15H2,1-2H3,(H,26,29)(H,31,32). The smallest absolute Gasteiger partial charge is 0.407 e. The fourth-order valence-electron chi connectivity index (χ4n) is 4.39. The number of nitrogens with one attached hydrogen (secondary N) is 1. The Kier molecular flexibility index (Phi) is 5.99. The fourth-order valence-corrected chi connectivity index (χ4v) is 4.39. The van der Waals surface area contributed by atoms with Crippen molar-refractivity contribution >= 4 is 22.8 Å². The van der Waals surface area contributed by atoms with Gasteiger partial charge < -0.3 is 19.9 Å². The highest BCUT2D eigenvalue weighted by atomic mass is 16.4. The van der Waals surface area contributed by atoms with Gasteiger partial charge in [0.05, 0.1) is 0 Å². The Bertz CT molecular complexity index is 1210. The normalized spacial score (nSPS) is 14.5. The number of piperidine rings is 1. The van der Waals surface area contributed by atoms with E-state index in [0.717, 1.165) is 29.4 Å². The molecular formula is C25H27N3O4. The van der Waals surface area contributed by atoms with Crippen LogP contribution in [0, 0.1) is 12.8 Å². The molecule has 0 aliphatic carbocycles. The number of rotatable bonds is 4. The number of nitrogens with zero attached hydrogens (tertiary/aromatic N) is 2. The monoisotopic (exact) mass is 433 g/mol. The fraction of sp³-hybridized carbons (Fsp3) is 0.320. The second kappa shape index (κ2) is 8.86. The van der Waals surface area contributed by atoms with Gasteiger partial charge in [0, 0.05) is 43.3 Å². The Morgan fingerprint density at radius 3 is 2.44 bits per heavy atom. The Morgan fingerprint density at radius 2 is 1.78 bits per heavy atom. The SMILES string of the molecule is Cc1cccc2c(=O)[nH]c(-c3ccc(C(=O)N(C)CC4CCN(C(=O)O)CC4)cc3)cc12. The minimum Gasteiger partial charge on any atom is -0.465 e. The number of aromatic nitrogens is 1. The van der Waals surface area contributed by atoms with Gasteiger partial charge in [-0.05, 0) is 66.5 Å². The summed E-state index contributed by atoms with van der Waals surface area (Å²) in [6, 6.07) is 14.9. The number of amides is 2. The summed E-state index contributed by atoms with van der Waals surface area (Å²) < 4.78 is 0. The number of H-pyrrole nitrogens is 1. The summed E-state index contributed by atoms with van der Waals surface area (Å²) in [7, 11) is 1.78. The molecule has 7 nitrogen and oxygen atoms in total. The molecular weight excluding hydrogens is 406 g/mol. The molecule has 0 atom stereocenters. The van der Waals surface area contributed by atoms with Crippen molar-refractivity contribution in [2.24, 2.45) is 5.92 Å². The summed E-state index contributed by atoms with van der Waals surface area (Å²) in [6.07, 6.45) is 0.644. The van der Waals surface area contributed by atoms with Crippen LogP contribution in [0.1, 0.15) is 28.8 Å². The Morgan fingerprint density at radius 1 is 1.09 bits per heavy atom. The van der Waals surface area contributed by atoms with Crippen LogP contribution in [0.4, 0.5) is 4.79 Å². The van der Waals surface area contributed by atoms with Crippen LogP contribution in [0.2, 0.25) is 0 Å². The van der Waals surface area contributed by atoms with Gasteiger partial charge in [-0.25, -0.2) is 4.79 Å². The molecule has 3 aromatic rings. The lowest BCUT2D eigenvalue weighted by atomic mass is 9.96. The largest absolute Gasteiger partial charge is 0.465 e. The number of benzene rings is 2. The van der Waals surface area contributed by atoms with E-state index in [-0.39, 0.29) is 11.5 Å². The zero-order valence-electron chi connectivity index (χ0n) is 18.3. The van der Waals surface area contributed by atoms with Gasteiger partial charge >= 0.3 is 6.09 Å². The van der Waals surface area contributed by atoms with Crippen LogP contribution in [0.15, 0.2) is 53.3 Å². The number of hydrogen-bond donors (Lipinski definition) is 2. The minimum atomic E-state index is -0.879. The molecule has 0 unspecified atom stereocenters. The summed E-state index contributed by atoms with van der Waals surface area (Å²) in [4.78, 5) is 42.5.